The molecule has 7 nitrogen and oxygen atoms in total. The highest BCUT2D eigenvalue weighted by atomic mass is 35.5. The molecule has 27 heavy (non-hydrogen) atoms. The van der Waals surface area contributed by atoms with Crippen molar-refractivity contribution in [3.8, 4) is 23.1 Å². The molecule has 4 aromatic rings. The molecule has 5 rings (SSSR count). The first-order valence-corrected chi connectivity index (χ1v) is 9.26. The number of nitrogens with zero attached hydrogens (tertiary/aromatic N) is 5. The van der Waals surface area contributed by atoms with Gasteiger partial charge in [0.05, 0.1) is 17.5 Å². The second-order valence-electron chi connectivity index (χ2n) is 6.54. The van der Waals surface area contributed by atoms with E-state index in [1.165, 1.54) is 19.2 Å². The highest BCUT2D eigenvalue weighted by molar-refractivity contribution is 6.34. The van der Waals surface area contributed by atoms with Crippen molar-refractivity contribution in [2.45, 2.75) is 31.7 Å². The van der Waals surface area contributed by atoms with Crippen LogP contribution in [0.5, 0.6) is 11.6 Å². The van der Waals surface area contributed by atoms with Gasteiger partial charge < -0.3 is 9.26 Å². The summed E-state index contributed by atoms with van der Waals surface area (Å²) in [6.07, 6.45) is 6.01. The lowest BCUT2D eigenvalue weighted by atomic mass is 10.2. The van der Waals surface area contributed by atoms with Gasteiger partial charge in [-0.2, -0.15) is 5.10 Å². The van der Waals surface area contributed by atoms with Gasteiger partial charge in [-0.05, 0) is 30.1 Å². The van der Waals surface area contributed by atoms with Crippen LogP contribution in [0.4, 0.5) is 0 Å². The molecule has 0 saturated heterocycles. The molecule has 3 aromatic heterocycles. The Morgan fingerprint density at radius 3 is 2.74 bits per heavy atom. The van der Waals surface area contributed by atoms with Crippen molar-refractivity contribution >= 4 is 22.6 Å². The van der Waals surface area contributed by atoms with Crippen molar-refractivity contribution in [3.05, 3.63) is 47.9 Å². The molecular formula is C19H16ClN5O2. The van der Waals surface area contributed by atoms with E-state index < -0.39 is 0 Å². The van der Waals surface area contributed by atoms with Crippen LogP contribution in [0.2, 0.25) is 5.15 Å². The Kier molecular flexibility index (Phi) is 4.01. The van der Waals surface area contributed by atoms with Gasteiger partial charge in [-0.25, -0.2) is 14.6 Å². The van der Waals surface area contributed by atoms with Crippen LogP contribution in [0.15, 0.2) is 47.2 Å². The summed E-state index contributed by atoms with van der Waals surface area (Å²) in [5.41, 5.74) is 1.30. The summed E-state index contributed by atoms with van der Waals surface area (Å²) in [6.45, 7) is 0. The smallest absolute Gasteiger partial charge is 0.260 e. The summed E-state index contributed by atoms with van der Waals surface area (Å²) < 4.78 is 13.2. The molecule has 0 spiro atoms. The maximum atomic E-state index is 6.37. The monoisotopic (exact) mass is 381 g/mol. The SMILES string of the molecule is Clc1ncnc2c1c(-c1cc(Oc3ccccc3)no1)nn2C1CCCC1. The van der Waals surface area contributed by atoms with Crippen LogP contribution in [0.1, 0.15) is 31.7 Å². The fourth-order valence-corrected chi connectivity index (χ4v) is 3.76. The molecule has 0 radical (unpaired) electrons. The number of benzene rings is 1. The molecular weight excluding hydrogens is 366 g/mol. The topological polar surface area (TPSA) is 78.9 Å². The third-order valence-electron chi connectivity index (χ3n) is 4.80. The van der Waals surface area contributed by atoms with Crippen LogP contribution in [0.25, 0.3) is 22.5 Å². The van der Waals surface area contributed by atoms with Gasteiger partial charge in [-0.3, -0.25) is 0 Å². The highest BCUT2D eigenvalue weighted by Crippen LogP contribution is 2.37. The Morgan fingerprint density at radius 1 is 1.11 bits per heavy atom. The molecule has 0 unspecified atom stereocenters. The summed E-state index contributed by atoms with van der Waals surface area (Å²) in [7, 11) is 0. The molecule has 136 valence electrons. The molecule has 1 aromatic carbocycles. The van der Waals surface area contributed by atoms with Crippen LogP contribution in [0.3, 0.4) is 0 Å². The molecule has 8 heteroatoms. The zero-order valence-electron chi connectivity index (χ0n) is 14.4. The van der Waals surface area contributed by atoms with Crippen LogP contribution >= 0.6 is 11.6 Å². The Hall–Kier alpha value is -2.93. The van der Waals surface area contributed by atoms with Crippen molar-refractivity contribution in [2.75, 3.05) is 0 Å². The van der Waals surface area contributed by atoms with E-state index in [0.717, 1.165) is 18.5 Å². The molecule has 0 amide bonds. The molecule has 0 N–H and O–H groups in total. The number of ether oxygens (including phenoxy) is 1. The first-order valence-electron chi connectivity index (χ1n) is 8.88. The second-order valence-corrected chi connectivity index (χ2v) is 6.90. The highest BCUT2D eigenvalue weighted by Gasteiger charge is 2.26. The van der Waals surface area contributed by atoms with Gasteiger partial charge in [0.1, 0.15) is 22.9 Å². The number of fused-ring (bicyclic) bond motifs is 1. The van der Waals surface area contributed by atoms with E-state index in [-0.39, 0.29) is 0 Å². The van der Waals surface area contributed by atoms with E-state index >= 15 is 0 Å². The second kappa shape index (κ2) is 6.66. The Bertz CT molecular complexity index is 1090. The van der Waals surface area contributed by atoms with Crippen LogP contribution in [0, 0.1) is 0 Å². The first kappa shape index (κ1) is 16.3. The minimum absolute atomic E-state index is 0.315. The number of hydrogen-bond acceptors (Lipinski definition) is 6. The molecule has 0 aliphatic heterocycles. The average molecular weight is 382 g/mol. The predicted octanol–water partition coefficient (Wildman–Crippen LogP) is 5.04. The van der Waals surface area contributed by atoms with Crippen LogP contribution < -0.4 is 4.74 Å². The number of rotatable bonds is 4. The molecule has 1 saturated carbocycles. The van der Waals surface area contributed by atoms with Crippen molar-refractivity contribution in [1.29, 1.82) is 0 Å². The summed E-state index contributed by atoms with van der Waals surface area (Å²) >= 11 is 6.37. The molecule has 1 aliphatic rings. The van der Waals surface area contributed by atoms with Crippen molar-refractivity contribution < 1.29 is 9.26 Å². The first-order chi connectivity index (χ1) is 13.3. The lowest BCUT2D eigenvalue weighted by molar-refractivity contribution is 0.372. The quantitative estimate of drug-likeness (QED) is 0.460. The maximum Gasteiger partial charge on any atom is 0.260 e. The van der Waals surface area contributed by atoms with E-state index in [1.807, 2.05) is 35.0 Å². The number of aromatic nitrogens is 5. The standard InChI is InChI=1S/C19H16ClN5O2/c20-18-16-17(14-10-15(24-27-14)26-13-8-2-1-3-9-13)23-25(12-6-4-5-7-12)19(16)22-11-21-18/h1-3,8-12H,4-7H2. The van der Waals surface area contributed by atoms with Crippen LogP contribution in [-0.2, 0) is 0 Å². The van der Waals surface area contributed by atoms with Gasteiger partial charge in [-0.1, -0.05) is 42.6 Å². The average Bonchev–Trinajstić information content (AvgIpc) is 3.42. The van der Waals surface area contributed by atoms with Gasteiger partial charge in [0.2, 0.25) is 0 Å². The minimum atomic E-state index is 0.315. The fourth-order valence-electron chi connectivity index (χ4n) is 3.54. The van der Waals surface area contributed by atoms with E-state index in [9.17, 15) is 0 Å². The summed E-state index contributed by atoms with van der Waals surface area (Å²) in [5, 5.41) is 9.79. The summed E-state index contributed by atoms with van der Waals surface area (Å²) in [4.78, 5) is 8.53. The van der Waals surface area contributed by atoms with Crippen molar-refractivity contribution in [2.24, 2.45) is 0 Å². The molecule has 0 bridgehead atoms. The lowest BCUT2D eigenvalue weighted by Crippen LogP contribution is -2.07. The Morgan fingerprint density at radius 2 is 1.93 bits per heavy atom. The van der Waals surface area contributed by atoms with Gasteiger partial charge in [0, 0.05) is 0 Å². The van der Waals surface area contributed by atoms with Crippen molar-refractivity contribution in [3.63, 3.8) is 0 Å². The van der Waals surface area contributed by atoms with Crippen LogP contribution in [-0.4, -0.2) is 24.9 Å². The zero-order valence-corrected chi connectivity index (χ0v) is 15.1. The van der Waals surface area contributed by atoms with Gasteiger partial charge >= 0.3 is 0 Å². The minimum Gasteiger partial charge on any atom is -0.436 e. The van der Waals surface area contributed by atoms with Gasteiger partial charge in [-0.15, -0.1) is 0 Å². The Balaban J connectivity index is 1.57. The summed E-state index contributed by atoms with van der Waals surface area (Å²) in [6, 6.07) is 11.4. The van der Waals surface area contributed by atoms with Gasteiger partial charge in [0.25, 0.3) is 5.88 Å². The molecule has 3 heterocycles. The molecule has 0 atom stereocenters. The maximum absolute atomic E-state index is 6.37. The van der Waals surface area contributed by atoms with Crippen molar-refractivity contribution in [1.82, 2.24) is 24.9 Å². The lowest BCUT2D eigenvalue weighted by Gasteiger charge is -2.09. The van der Waals surface area contributed by atoms with Gasteiger partial charge in [0.15, 0.2) is 11.4 Å². The zero-order chi connectivity index (χ0) is 18.2. The Labute approximate surface area is 159 Å². The largest absolute Gasteiger partial charge is 0.436 e. The number of para-hydroxylation sites is 1. The normalized spacial score (nSPS) is 14.9. The third kappa shape index (κ3) is 2.94. The fraction of sp³-hybridized carbons (Fsp3) is 0.263. The van der Waals surface area contributed by atoms with E-state index in [2.05, 4.69) is 15.1 Å². The van der Waals surface area contributed by atoms with E-state index in [0.29, 0.717) is 39.7 Å². The molecule has 1 fully saturated rings. The molecule has 1 aliphatic carbocycles. The summed E-state index contributed by atoms with van der Waals surface area (Å²) in [5.74, 6) is 1.51. The number of halogens is 1. The predicted molar refractivity (Wildman–Crippen MR) is 99.9 cm³/mol. The number of hydrogen-bond donors (Lipinski definition) is 0. The third-order valence-corrected chi connectivity index (χ3v) is 5.09. The van der Waals surface area contributed by atoms with E-state index in [1.54, 1.807) is 6.07 Å². The van der Waals surface area contributed by atoms with E-state index in [4.69, 9.17) is 26.0 Å².